The van der Waals surface area contributed by atoms with E-state index in [9.17, 15) is 13.2 Å². The minimum Gasteiger partial charge on any atom is -0.474 e. The number of anilines is 2. The van der Waals surface area contributed by atoms with Gasteiger partial charge in [0.2, 0.25) is 11.8 Å². The van der Waals surface area contributed by atoms with Crippen molar-refractivity contribution < 1.29 is 17.9 Å². The first kappa shape index (κ1) is 15.7. The molecule has 1 aliphatic heterocycles. The average Bonchev–Trinajstić information content (AvgIpc) is 2.94. The molecule has 3 rings (SSSR count). The summed E-state index contributed by atoms with van der Waals surface area (Å²) < 4.78 is 32.4. The van der Waals surface area contributed by atoms with Gasteiger partial charge in [-0.15, -0.1) is 0 Å². The quantitative estimate of drug-likeness (QED) is 0.894. The van der Waals surface area contributed by atoms with Crippen LogP contribution < -0.4 is 14.4 Å². The van der Waals surface area contributed by atoms with Gasteiger partial charge in [-0.25, -0.2) is 18.4 Å². The van der Waals surface area contributed by atoms with Gasteiger partial charge in [-0.1, -0.05) is 11.3 Å². The van der Waals surface area contributed by atoms with E-state index in [4.69, 9.17) is 4.74 Å². The molecule has 1 amide bonds. The van der Waals surface area contributed by atoms with Crippen molar-refractivity contribution in [1.82, 2.24) is 9.97 Å². The van der Waals surface area contributed by atoms with Crippen molar-refractivity contribution in [2.24, 2.45) is 0 Å². The lowest BCUT2D eigenvalue weighted by atomic mass is 10.3. The van der Waals surface area contributed by atoms with Crippen LogP contribution in [0.15, 0.2) is 22.5 Å². The SMILES string of the molecule is CC(=O)Nc1ncc(S(=O)(=O)N2CCOc3nc(C)ccc32)s1. The van der Waals surface area contributed by atoms with E-state index in [0.29, 0.717) is 11.6 Å². The molecule has 1 N–H and O–H groups in total. The summed E-state index contributed by atoms with van der Waals surface area (Å²) in [6, 6.07) is 3.40. The maximum absolute atomic E-state index is 12.8. The molecule has 122 valence electrons. The summed E-state index contributed by atoms with van der Waals surface area (Å²) >= 11 is 0.906. The summed E-state index contributed by atoms with van der Waals surface area (Å²) in [7, 11) is -3.79. The lowest BCUT2D eigenvalue weighted by Crippen LogP contribution is -2.37. The van der Waals surface area contributed by atoms with Crippen LogP contribution >= 0.6 is 11.3 Å². The topological polar surface area (TPSA) is 101 Å². The van der Waals surface area contributed by atoms with Crippen molar-refractivity contribution in [3.05, 3.63) is 24.0 Å². The minimum absolute atomic E-state index is 0.0506. The number of pyridine rings is 1. The summed E-state index contributed by atoms with van der Waals surface area (Å²) in [5.41, 5.74) is 1.14. The Balaban J connectivity index is 1.98. The molecule has 0 saturated carbocycles. The van der Waals surface area contributed by atoms with Gasteiger partial charge in [-0.2, -0.15) is 0 Å². The number of fused-ring (bicyclic) bond motifs is 1. The van der Waals surface area contributed by atoms with E-state index < -0.39 is 10.0 Å². The smallest absolute Gasteiger partial charge is 0.275 e. The number of nitrogens with zero attached hydrogens (tertiary/aromatic N) is 3. The predicted octanol–water partition coefficient (Wildman–Crippen LogP) is 1.39. The Bertz CT molecular complexity index is 863. The number of aromatic nitrogens is 2. The molecule has 8 nitrogen and oxygen atoms in total. The molecule has 0 spiro atoms. The van der Waals surface area contributed by atoms with Crippen LogP contribution in [0, 0.1) is 6.92 Å². The van der Waals surface area contributed by atoms with Crippen LogP contribution in [-0.4, -0.2) is 37.4 Å². The van der Waals surface area contributed by atoms with Crippen molar-refractivity contribution in [2.75, 3.05) is 22.8 Å². The Hall–Kier alpha value is -2.20. The van der Waals surface area contributed by atoms with Crippen LogP contribution in [0.25, 0.3) is 0 Å². The normalized spacial score (nSPS) is 14.1. The predicted molar refractivity (Wildman–Crippen MR) is 85.4 cm³/mol. The fraction of sp³-hybridized carbons (Fsp3) is 0.308. The Morgan fingerprint density at radius 1 is 1.43 bits per heavy atom. The van der Waals surface area contributed by atoms with E-state index >= 15 is 0 Å². The summed E-state index contributed by atoms with van der Waals surface area (Å²) in [5, 5.41) is 2.72. The molecule has 0 bridgehead atoms. The van der Waals surface area contributed by atoms with Crippen molar-refractivity contribution >= 4 is 38.1 Å². The summed E-state index contributed by atoms with van der Waals surface area (Å²) in [4.78, 5) is 19.2. The highest BCUT2D eigenvalue weighted by atomic mass is 32.2. The van der Waals surface area contributed by atoms with E-state index in [2.05, 4.69) is 15.3 Å². The van der Waals surface area contributed by atoms with Gasteiger partial charge in [-0.05, 0) is 19.1 Å². The first-order valence-corrected chi connectivity index (χ1v) is 9.00. The van der Waals surface area contributed by atoms with Crippen LogP contribution in [0.5, 0.6) is 5.88 Å². The molecule has 0 saturated heterocycles. The first-order valence-electron chi connectivity index (χ1n) is 6.74. The number of thiazole rings is 1. The second kappa shape index (κ2) is 5.78. The Kier molecular flexibility index (Phi) is 3.94. The van der Waals surface area contributed by atoms with Gasteiger partial charge in [0.1, 0.15) is 12.3 Å². The highest BCUT2D eigenvalue weighted by Crippen LogP contribution is 2.35. The number of hydrogen-bond donors (Lipinski definition) is 1. The fourth-order valence-electron chi connectivity index (χ4n) is 2.11. The number of rotatable bonds is 3. The monoisotopic (exact) mass is 354 g/mol. The number of amides is 1. The van der Waals surface area contributed by atoms with Gasteiger partial charge in [0.25, 0.3) is 10.0 Å². The first-order chi connectivity index (χ1) is 10.9. The lowest BCUT2D eigenvalue weighted by Gasteiger charge is -2.29. The molecule has 23 heavy (non-hydrogen) atoms. The van der Waals surface area contributed by atoms with Gasteiger partial charge in [0.05, 0.1) is 12.7 Å². The molecule has 0 aromatic carbocycles. The molecule has 1 aliphatic rings. The molecular formula is C13H14N4O4S2. The third kappa shape index (κ3) is 2.99. The fourth-order valence-corrected chi connectivity index (χ4v) is 4.75. The van der Waals surface area contributed by atoms with E-state index in [1.54, 1.807) is 19.1 Å². The van der Waals surface area contributed by atoms with E-state index in [1.807, 2.05) is 0 Å². The molecular weight excluding hydrogens is 340 g/mol. The summed E-state index contributed by atoms with van der Waals surface area (Å²) in [6.45, 7) is 3.55. The number of hydrogen-bond acceptors (Lipinski definition) is 7. The van der Waals surface area contributed by atoms with Crippen molar-refractivity contribution in [3.8, 4) is 5.88 Å². The summed E-state index contributed by atoms with van der Waals surface area (Å²) in [5.74, 6) is -0.00823. The third-order valence-corrected chi connectivity index (χ3v) is 6.26. The van der Waals surface area contributed by atoms with Crippen LogP contribution in [0.3, 0.4) is 0 Å². The number of ether oxygens (including phenoxy) is 1. The number of sulfonamides is 1. The molecule has 2 aromatic heterocycles. The molecule has 0 radical (unpaired) electrons. The maximum Gasteiger partial charge on any atom is 0.275 e. The minimum atomic E-state index is -3.79. The highest BCUT2D eigenvalue weighted by molar-refractivity contribution is 7.94. The molecule has 0 aliphatic carbocycles. The van der Waals surface area contributed by atoms with E-state index in [-0.39, 0.29) is 28.4 Å². The second-order valence-corrected chi connectivity index (χ2v) is 7.99. The standard InChI is InChI=1S/C13H14N4O4S2/c1-8-3-4-10-12(15-8)21-6-5-17(10)23(19,20)11-7-14-13(22-11)16-9(2)18/h3-4,7H,5-6H2,1-2H3,(H,14,16,18). The van der Waals surface area contributed by atoms with Gasteiger partial charge >= 0.3 is 0 Å². The number of carbonyl (C=O) groups is 1. The third-order valence-electron chi connectivity index (χ3n) is 3.09. The number of aryl methyl sites for hydroxylation is 1. The Labute approximate surface area is 137 Å². The molecule has 0 fully saturated rings. The number of carbonyl (C=O) groups excluding carboxylic acids is 1. The largest absolute Gasteiger partial charge is 0.474 e. The van der Waals surface area contributed by atoms with Gasteiger partial charge in [0.15, 0.2) is 9.34 Å². The number of nitrogens with one attached hydrogen (secondary N) is 1. The van der Waals surface area contributed by atoms with E-state index in [0.717, 1.165) is 17.0 Å². The van der Waals surface area contributed by atoms with Crippen LogP contribution in [0.4, 0.5) is 10.8 Å². The second-order valence-electron chi connectivity index (χ2n) is 4.87. The van der Waals surface area contributed by atoms with Gasteiger partial charge in [0, 0.05) is 12.6 Å². The maximum atomic E-state index is 12.8. The molecule has 0 unspecified atom stereocenters. The van der Waals surface area contributed by atoms with Crippen LogP contribution in [0.1, 0.15) is 12.6 Å². The van der Waals surface area contributed by atoms with Crippen molar-refractivity contribution in [1.29, 1.82) is 0 Å². The Morgan fingerprint density at radius 3 is 2.96 bits per heavy atom. The van der Waals surface area contributed by atoms with E-state index in [1.165, 1.54) is 17.4 Å². The van der Waals surface area contributed by atoms with Crippen LogP contribution in [0.2, 0.25) is 0 Å². The molecule has 3 heterocycles. The Morgan fingerprint density at radius 2 is 2.22 bits per heavy atom. The molecule has 0 atom stereocenters. The molecule has 10 heteroatoms. The lowest BCUT2D eigenvalue weighted by molar-refractivity contribution is -0.114. The van der Waals surface area contributed by atoms with Gasteiger partial charge in [-0.3, -0.25) is 9.10 Å². The van der Waals surface area contributed by atoms with Crippen molar-refractivity contribution in [2.45, 2.75) is 18.1 Å². The summed E-state index contributed by atoms with van der Waals surface area (Å²) in [6.07, 6.45) is 1.24. The van der Waals surface area contributed by atoms with Crippen molar-refractivity contribution in [3.63, 3.8) is 0 Å². The zero-order chi connectivity index (χ0) is 16.6. The zero-order valence-corrected chi connectivity index (χ0v) is 14.1. The van der Waals surface area contributed by atoms with Crippen LogP contribution in [-0.2, 0) is 14.8 Å². The average molecular weight is 354 g/mol. The van der Waals surface area contributed by atoms with Gasteiger partial charge < -0.3 is 10.1 Å². The zero-order valence-electron chi connectivity index (χ0n) is 12.4. The highest BCUT2D eigenvalue weighted by Gasteiger charge is 2.32. The molecule has 2 aromatic rings.